The van der Waals surface area contributed by atoms with Crippen LogP contribution in [0.25, 0.3) is 11.1 Å². The van der Waals surface area contributed by atoms with Crippen molar-refractivity contribution in [2.24, 2.45) is 0 Å². The van der Waals surface area contributed by atoms with Gasteiger partial charge in [-0.15, -0.1) is 0 Å². The Kier molecular flexibility index (Phi) is 6.67. The van der Waals surface area contributed by atoms with Crippen LogP contribution in [0, 0.1) is 0 Å². The smallest absolute Gasteiger partial charge is 0.223 e. The van der Waals surface area contributed by atoms with Crippen LogP contribution in [-0.4, -0.2) is 11.8 Å². The third-order valence-corrected chi connectivity index (χ3v) is 2.83. The van der Waals surface area contributed by atoms with Crippen molar-refractivity contribution >= 4 is 27.7 Å². The Morgan fingerprint density at radius 3 is 1.65 bits per heavy atom. The molecule has 0 aromatic heterocycles. The summed E-state index contributed by atoms with van der Waals surface area (Å²) < 4.78 is 1.12. The molecule has 0 fully saturated rings. The summed E-state index contributed by atoms with van der Waals surface area (Å²) in [6.45, 7) is 2.59. The molecule has 2 aromatic carbocycles. The van der Waals surface area contributed by atoms with Gasteiger partial charge in [-0.1, -0.05) is 58.4 Å². The van der Waals surface area contributed by atoms with E-state index in [0.717, 1.165) is 4.47 Å². The molecule has 0 unspecified atom stereocenters. The maximum absolute atomic E-state index is 9.92. The van der Waals surface area contributed by atoms with Crippen molar-refractivity contribution in [3.8, 4) is 11.1 Å². The summed E-state index contributed by atoms with van der Waals surface area (Å²) in [5, 5.41) is 2.03. The Bertz CT molecular complexity index is 553. The normalized spacial score (nSPS) is 9.15. The molecule has 0 saturated carbocycles. The summed E-state index contributed by atoms with van der Waals surface area (Å²) in [6, 6.07) is 18.7. The monoisotopic (exact) mass is 333 g/mol. The lowest BCUT2D eigenvalue weighted by Gasteiger charge is -2.00. The summed E-state index contributed by atoms with van der Waals surface area (Å²) in [5.74, 6) is -0.625. The first kappa shape index (κ1) is 16.1. The molecule has 104 valence electrons. The first-order valence-corrected chi connectivity index (χ1v) is 6.87. The molecular weight excluding hydrogens is 318 g/mol. The molecule has 0 radical (unpaired) electrons. The van der Waals surface area contributed by atoms with E-state index < -0.39 is 0 Å². The molecule has 0 aliphatic carbocycles. The van der Waals surface area contributed by atoms with Crippen molar-refractivity contribution in [2.75, 3.05) is 0 Å². The van der Waals surface area contributed by atoms with Gasteiger partial charge in [0.2, 0.25) is 11.8 Å². The molecule has 0 bridgehead atoms. The highest BCUT2D eigenvalue weighted by atomic mass is 79.9. The van der Waals surface area contributed by atoms with Crippen LogP contribution in [-0.2, 0) is 9.59 Å². The first-order chi connectivity index (χ1) is 9.49. The van der Waals surface area contributed by atoms with Crippen molar-refractivity contribution < 1.29 is 9.59 Å². The number of carbonyl (C=O) groups is 2. The van der Waals surface area contributed by atoms with Crippen LogP contribution in [0.4, 0.5) is 0 Å². The third kappa shape index (κ3) is 6.29. The lowest BCUT2D eigenvalue weighted by atomic mass is 10.1. The third-order valence-electron chi connectivity index (χ3n) is 2.30. The summed E-state index contributed by atoms with van der Waals surface area (Å²) in [6.07, 6.45) is 0. The highest BCUT2D eigenvalue weighted by molar-refractivity contribution is 9.10. The van der Waals surface area contributed by atoms with E-state index in [1.165, 1.54) is 25.0 Å². The maximum atomic E-state index is 9.92. The molecule has 1 N–H and O–H groups in total. The van der Waals surface area contributed by atoms with E-state index in [9.17, 15) is 9.59 Å². The highest BCUT2D eigenvalue weighted by Gasteiger charge is 1.94. The first-order valence-electron chi connectivity index (χ1n) is 6.08. The predicted molar refractivity (Wildman–Crippen MR) is 84.1 cm³/mol. The van der Waals surface area contributed by atoms with Crippen molar-refractivity contribution in [1.29, 1.82) is 0 Å². The Hall–Kier alpha value is -1.94. The van der Waals surface area contributed by atoms with Gasteiger partial charge in [0.05, 0.1) is 0 Å². The molecule has 0 aliphatic rings. The second kappa shape index (κ2) is 8.27. The summed E-state index contributed by atoms with van der Waals surface area (Å²) in [5.41, 5.74) is 2.51. The number of halogens is 1. The number of benzene rings is 2. The van der Waals surface area contributed by atoms with Crippen LogP contribution < -0.4 is 5.32 Å². The lowest BCUT2D eigenvalue weighted by Crippen LogP contribution is -2.24. The molecule has 0 atom stereocenters. The number of hydrogen-bond acceptors (Lipinski definition) is 2. The van der Waals surface area contributed by atoms with E-state index in [1.807, 2.05) is 11.4 Å². The van der Waals surface area contributed by atoms with Crippen molar-refractivity contribution in [3.05, 3.63) is 59.1 Å². The maximum Gasteiger partial charge on any atom is 0.223 e. The number of amides is 2. The van der Waals surface area contributed by atoms with Gasteiger partial charge < -0.3 is 0 Å². The summed E-state index contributed by atoms with van der Waals surface area (Å²) in [7, 11) is 0. The SMILES string of the molecule is Brc1ccc(-c2ccccc2)cc1.CC(=O)NC(C)=O. The zero-order valence-electron chi connectivity index (χ0n) is 11.4. The van der Waals surface area contributed by atoms with Gasteiger partial charge in [-0.05, 0) is 23.3 Å². The van der Waals surface area contributed by atoms with Crippen LogP contribution in [0.15, 0.2) is 59.1 Å². The Morgan fingerprint density at radius 1 is 0.800 bits per heavy atom. The fourth-order valence-corrected chi connectivity index (χ4v) is 1.79. The highest BCUT2D eigenvalue weighted by Crippen LogP contribution is 2.20. The molecule has 20 heavy (non-hydrogen) atoms. The number of carbonyl (C=O) groups excluding carboxylic acids is 2. The van der Waals surface area contributed by atoms with Crippen LogP contribution >= 0.6 is 15.9 Å². The number of imide groups is 1. The zero-order valence-corrected chi connectivity index (χ0v) is 13.0. The number of hydrogen-bond donors (Lipinski definition) is 1. The van der Waals surface area contributed by atoms with Gasteiger partial charge in [-0.3, -0.25) is 14.9 Å². The number of nitrogens with one attached hydrogen (secondary N) is 1. The average molecular weight is 334 g/mol. The molecule has 0 spiro atoms. The van der Waals surface area contributed by atoms with Crippen LogP contribution in [0.1, 0.15) is 13.8 Å². The Morgan fingerprint density at radius 2 is 1.25 bits per heavy atom. The standard InChI is InChI=1S/C12H9Br.C4H7NO2/c13-12-8-6-11(7-9-12)10-4-2-1-3-5-10;1-3(6)5-4(2)7/h1-9H;1-2H3,(H,5,6,7). The molecule has 0 saturated heterocycles. The molecule has 0 aliphatic heterocycles. The van der Waals surface area contributed by atoms with E-state index in [-0.39, 0.29) is 11.8 Å². The van der Waals surface area contributed by atoms with Crippen molar-refractivity contribution in [1.82, 2.24) is 5.32 Å². The second-order valence-corrected chi connectivity index (χ2v) is 5.03. The molecular formula is C16H16BrNO2. The van der Waals surface area contributed by atoms with Gasteiger partial charge in [-0.2, -0.15) is 0 Å². The van der Waals surface area contributed by atoms with Gasteiger partial charge in [0.15, 0.2) is 0 Å². The van der Waals surface area contributed by atoms with E-state index in [4.69, 9.17) is 0 Å². The van der Waals surface area contributed by atoms with Gasteiger partial charge in [0.1, 0.15) is 0 Å². The largest absolute Gasteiger partial charge is 0.297 e. The minimum atomic E-state index is -0.312. The van der Waals surface area contributed by atoms with Gasteiger partial charge in [-0.25, -0.2) is 0 Å². The number of rotatable bonds is 1. The minimum Gasteiger partial charge on any atom is -0.297 e. The van der Waals surface area contributed by atoms with Crippen LogP contribution in [0.5, 0.6) is 0 Å². The fraction of sp³-hybridized carbons (Fsp3) is 0.125. The molecule has 4 heteroatoms. The molecule has 2 aromatic rings. The molecule has 2 rings (SSSR count). The van der Waals surface area contributed by atoms with E-state index in [1.54, 1.807) is 0 Å². The van der Waals surface area contributed by atoms with E-state index in [0.29, 0.717) is 0 Å². The van der Waals surface area contributed by atoms with E-state index in [2.05, 4.69) is 64.5 Å². The Labute approximate surface area is 127 Å². The second-order valence-electron chi connectivity index (χ2n) is 4.11. The Balaban J connectivity index is 0.000000246. The van der Waals surface area contributed by atoms with Crippen LogP contribution in [0.2, 0.25) is 0 Å². The molecule has 2 amide bonds. The predicted octanol–water partition coefficient (Wildman–Crippen LogP) is 3.79. The zero-order chi connectivity index (χ0) is 15.0. The van der Waals surface area contributed by atoms with Crippen molar-refractivity contribution in [2.45, 2.75) is 13.8 Å². The van der Waals surface area contributed by atoms with Gasteiger partial charge >= 0.3 is 0 Å². The average Bonchev–Trinajstić information content (AvgIpc) is 2.40. The van der Waals surface area contributed by atoms with Gasteiger partial charge in [0.25, 0.3) is 0 Å². The topological polar surface area (TPSA) is 46.2 Å². The molecule has 0 heterocycles. The quantitative estimate of drug-likeness (QED) is 0.863. The summed E-state index contributed by atoms with van der Waals surface area (Å²) in [4.78, 5) is 19.8. The van der Waals surface area contributed by atoms with Crippen LogP contribution in [0.3, 0.4) is 0 Å². The van der Waals surface area contributed by atoms with Gasteiger partial charge in [0, 0.05) is 18.3 Å². The molecule has 3 nitrogen and oxygen atoms in total. The van der Waals surface area contributed by atoms with E-state index >= 15 is 0 Å². The van der Waals surface area contributed by atoms with Crippen molar-refractivity contribution in [3.63, 3.8) is 0 Å². The minimum absolute atomic E-state index is 0.312. The lowest BCUT2D eigenvalue weighted by molar-refractivity contribution is -0.127. The summed E-state index contributed by atoms with van der Waals surface area (Å²) >= 11 is 3.42. The fourth-order valence-electron chi connectivity index (χ4n) is 1.52.